The molecule has 1 atom stereocenters. The van der Waals surface area contributed by atoms with E-state index in [0.29, 0.717) is 23.3 Å². The largest absolute Gasteiger partial charge is 0.466 e. The summed E-state index contributed by atoms with van der Waals surface area (Å²) in [5.74, 6) is 0.638. The number of furan rings is 1. The van der Waals surface area contributed by atoms with Crippen LogP contribution in [0.3, 0.4) is 0 Å². The summed E-state index contributed by atoms with van der Waals surface area (Å²) < 4.78 is 16.8. The van der Waals surface area contributed by atoms with Crippen molar-refractivity contribution in [3.63, 3.8) is 0 Å². The normalized spacial score (nSPS) is 17.9. The predicted molar refractivity (Wildman–Crippen MR) is 114 cm³/mol. The highest BCUT2D eigenvalue weighted by Crippen LogP contribution is 2.45. The van der Waals surface area contributed by atoms with E-state index in [9.17, 15) is 9.59 Å². The molecule has 3 aromatic heterocycles. The molecule has 0 spiro atoms. The van der Waals surface area contributed by atoms with Crippen molar-refractivity contribution in [3.05, 3.63) is 81.0 Å². The molecule has 0 N–H and O–H groups in total. The van der Waals surface area contributed by atoms with E-state index in [4.69, 9.17) is 9.15 Å². The maximum absolute atomic E-state index is 13.4. The summed E-state index contributed by atoms with van der Waals surface area (Å²) in [6.07, 6.45) is 1.08. The number of benzene rings is 1. The molecule has 30 heavy (non-hydrogen) atoms. The van der Waals surface area contributed by atoms with Gasteiger partial charge in [0.15, 0.2) is 6.10 Å². The fourth-order valence-electron chi connectivity index (χ4n) is 4.52. The van der Waals surface area contributed by atoms with E-state index < -0.39 is 11.6 Å². The quantitative estimate of drug-likeness (QED) is 0.514. The zero-order valence-corrected chi connectivity index (χ0v) is 17.4. The molecule has 4 aromatic rings. The van der Waals surface area contributed by atoms with Gasteiger partial charge in [0.25, 0.3) is 5.56 Å². The topological polar surface area (TPSA) is 71.3 Å². The summed E-state index contributed by atoms with van der Waals surface area (Å²) in [5.41, 5.74) is 1.91. The highest BCUT2D eigenvalue weighted by atomic mass is 16.5. The van der Waals surface area contributed by atoms with Crippen molar-refractivity contribution in [2.75, 3.05) is 6.61 Å². The van der Waals surface area contributed by atoms with Crippen LogP contribution in [0.5, 0.6) is 0 Å². The minimum atomic E-state index is -0.523. The highest BCUT2D eigenvalue weighted by Gasteiger charge is 2.41. The lowest BCUT2D eigenvalue weighted by Gasteiger charge is -2.38. The summed E-state index contributed by atoms with van der Waals surface area (Å²) in [7, 11) is 3.21. The Labute approximate surface area is 172 Å². The standard InChI is InChI=1S/C23H23N3O4/c1-23(2)13-30-20(15-11-8-12-29-15)19-18-16(21(27)25(4)22(28)24(18)3)17(26(19)23)14-9-6-5-7-10-14/h5-12,20H,13H2,1-4H3/t20-/m1/s1. The van der Waals surface area contributed by atoms with E-state index in [-0.39, 0.29) is 11.2 Å². The molecular weight excluding hydrogens is 382 g/mol. The van der Waals surface area contributed by atoms with Crippen molar-refractivity contribution in [1.82, 2.24) is 13.7 Å². The number of hydrogen-bond acceptors (Lipinski definition) is 4. The first kappa shape index (κ1) is 18.7. The lowest BCUT2D eigenvalue weighted by molar-refractivity contribution is -0.0164. The molecule has 5 rings (SSSR count). The van der Waals surface area contributed by atoms with Crippen LogP contribution in [-0.4, -0.2) is 20.3 Å². The minimum Gasteiger partial charge on any atom is -0.466 e. The highest BCUT2D eigenvalue weighted by molar-refractivity contribution is 5.96. The van der Waals surface area contributed by atoms with E-state index in [1.807, 2.05) is 42.5 Å². The second-order valence-electron chi connectivity index (χ2n) is 8.38. The molecule has 4 heterocycles. The van der Waals surface area contributed by atoms with E-state index in [2.05, 4.69) is 18.4 Å². The molecule has 7 nitrogen and oxygen atoms in total. The average Bonchev–Trinajstić information content (AvgIpc) is 3.38. The molecule has 0 radical (unpaired) electrons. The first-order valence-electron chi connectivity index (χ1n) is 9.88. The number of aryl methyl sites for hydroxylation is 1. The number of nitrogens with zero attached hydrogens (tertiary/aromatic N) is 3. The van der Waals surface area contributed by atoms with Crippen molar-refractivity contribution >= 4 is 10.9 Å². The third kappa shape index (κ3) is 2.42. The number of hydrogen-bond donors (Lipinski definition) is 0. The van der Waals surface area contributed by atoms with Crippen LogP contribution in [0.25, 0.3) is 22.2 Å². The Morgan fingerprint density at radius 2 is 1.73 bits per heavy atom. The summed E-state index contributed by atoms with van der Waals surface area (Å²) in [6, 6.07) is 13.5. The van der Waals surface area contributed by atoms with Gasteiger partial charge < -0.3 is 13.7 Å². The van der Waals surface area contributed by atoms with Gasteiger partial charge in [-0.25, -0.2) is 4.79 Å². The van der Waals surface area contributed by atoms with E-state index in [1.165, 1.54) is 11.6 Å². The zero-order chi connectivity index (χ0) is 21.2. The molecule has 1 aliphatic heterocycles. The van der Waals surface area contributed by atoms with Crippen molar-refractivity contribution < 1.29 is 9.15 Å². The smallest absolute Gasteiger partial charge is 0.331 e. The van der Waals surface area contributed by atoms with Crippen LogP contribution in [0.4, 0.5) is 0 Å². The Hall–Kier alpha value is -3.32. The molecule has 0 amide bonds. The molecule has 0 saturated heterocycles. The van der Waals surface area contributed by atoms with Gasteiger partial charge in [-0.1, -0.05) is 30.3 Å². The molecule has 0 saturated carbocycles. The van der Waals surface area contributed by atoms with Crippen molar-refractivity contribution in [2.24, 2.45) is 14.1 Å². The lowest BCUT2D eigenvalue weighted by Crippen LogP contribution is -2.40. The maximum Gasteiger partial charge on any atom is 0.331 e. The van der Waals surface area contributed by atoms with Crippen LogP contribution in [0.1, 0.15) is 31.4 Å². The fraction of sp³-hybridized carbons (Fsp3) is 0.304. The number of fused-ring (bicyclic) bond motifs is 3. The summed E-state index contributed by atoms with van der Waals surface area (Å²) in [6.45, 7) is 4.58. The molecule has 154 valence electrons. The monoisotopic (exact) mass is 405 g/mol. The SMILES string of the molecule is Cn1c(=O)c2c(-c3ccccc3)n3c(c2n(C)c1=O)[C@@H](c1ccco1)OCC3(C)C. The van der Waals surface area contributed by atoms with Crippen LogP contribution < -0.4 is 11.2 Å². The minimum absolute atomic E-state index is 0.317. The first-order valence-corrected chi connectivity index (χ1v) is 9.88. The molecule has 0 fully saturated rings. The van der Waals surface area contributed by atoms with Crippen molar-refractivity contribution in [3.8, 4) is 11.3 Å². The molecule has 1 aliphatic rings. The van der Waals surface area contributed by atoms with Gasteiger partial charge in [0.2, 0.25) is 0 Å². The third-order valence-electron chi connectivity index (χ3n) is 5.91. The maximum atomic E-state index is 13.4. The van der Waals surface area contributed by atoms with Gasteiger partial charge in [-0.2, -0.15) is 0 Å². The van der Waals surface area contributed by atoms with Gasteiger partial charge in [0, 0.05) is 14.1 Å². The molecule has 1 aromatic carbocycles. The summed E-state index contributed by atoms with van der Waals surface area (Å²) in [4.78, 5) is 26.2. The van der Waals surface area contributed by atoms with Gasteiger partial charge in [-0.05, 0) is 31.5 Å². The Kier molecular flexibility index (Phi) is 3.95. The van der Waals surface area contributed by atoms with Crippen LogP contribution in [0, 0.1) is 0 Å². The van der Waals surface area contributed by atoms with Gasteiger partial charge in [-0.15, -0.1) is 0 Å². The molecular formula is C23H23N3O4. The predicted octanol–water partition coefficient (Wildman–Crippen LogP) is 3.15. The Morgan fingerprint density at radius 3 is 2.40 bits per heavy atom. The number of rotatable bonds is 2. The van der Waals surface area contributed by atoms with Gasteiger partial charge in [0.05, 0.1) is 40.7 Å². The average molecular weight is 405 g/mol. The Bertz CT molecular complexity index is 1370. The molecule has 0 bridgehead atoms. The van der Waals surface area contributed by atoms with E-state index >= 15 is 0 Å². The fourth-order valence-corrected chi connectivity index (χ4v) is 4.52. The number of ether oxygens (including phenoxy) is 1. The Balaban J connectivity index is 2.05. The van der Waals surface area contributed by atoms with Crippen LogP contribution in [0.2, 0.25) is 0 Å². The van der Waals surface area contributed by atoms with Crippen LogP contribution in [-0.2, 0) is 24.4 Å². The van der Waals surface area contributed by atoms with E-state index in [0.717, 1.165) is 21.5 Å². The second kappa shape index (κ2) is 6.34. The van der Waals surface area contributed by atoms with E-state index in [1.54, 1.807) is 13.3 Å². The van der Waals surface area contributed by atoms with Gasteiger partial charge >= 0.3 is 5.69 Å². The Morgan fingerprint density at radius 1 is 1.00 bits per heavy atom. The summed E-state index contributed by atoms with van der Waals surface area (Å²) in [5, 5.41) is 0.510. The van der Waals surface area contributed by atoms with Crippen molar-refractivity contribution in [2.45, 2.75) is 25.5 Å². The van der Waals surface area contributed by atoms with Crippen molar-refractivity contribution in [1.29, 1.82) is 0 Å². The third-order valence-corrected chi connectivity index (χ3v) is 5.91. The zero-order valence-electron chi connectivity index (χ0n) is 17.4. The summed E-state index contributed by atoms with van der Waals surface area (Å²) >= 11 is 0. The van der Waals surface area contributed by atoms with Crippen LogP contribution in [0.15, 0.2) is 62.7 Å². The number of aromatic nitrogens is 3. The second-order valence-corrected chi connectivity index (χ2v) is 8.38. The van der Waals surface area contributed by atoms with Gasteiger partial charge in [-0.3, -0.25) is 13.9 Å². The first-order chi connectivity index (χ1) is 14.3. The van der Waals surface area contributed by atoms with Gasteiger partial charge in [0.1, 0.15) is 5.76 Å². The lowest BCUT2D eigenvalue weighted by atomic mass is 10.0. The molecule has 0 unspecified atom stereocenters. The van der Waals surface area contributed by atoms with Crippen LogP contribution >= 0.6 is 0 Å². The molecule has 0 aliphatic carbocycles. The molecule has 7 heteroatoms.